The fraction of sp³-hybridized carbons (Fsp3) is 0.318. The van der Waals surface area contributed by atoms with Gasteiger partial charge in [0.1, 0.15) is 17.6 Å². The number of hydrogen-bond donors (Lipinski definition) is 1. The molecule has 144 valence electrons. The topological polar surface area (TPSA) is 45.3 Å². The molecule has 1 aliphatic heterocycles. The lowest BCUT2D eigenvalue weighted by molar-refractivity contribution is -0.131. The predicted octanol–water partition coefficient (Wildman–Crippen LogP) is 4.95. The van der Waals surface area contributed by atoms with Gasteiger partial charge in [0.25, 0.3) is 0 Å². The number of nitrogens with zero attached hydrogens (tertiary/aromatic N) is 1. The minimum Gasteiger partial charge on any atom is -0.496 e. The average molecular weight is 399 g/mol. The van der Waals surface area contributed by atoms with Gasteiger partial charge in [0.15, 0.2) is 0 Å². The number of ether oxygens (including phenoxy) is 1. The molecule has 0 radical (unpaired) electrons. The van der Waals surface area contributed by atoms with Crippen LogP contribution in [0.1, 0.15) is 42.6 Å². The smallest absolute Gasteiger partial charge is 0.220 e. The van der Waals surface area contributed by atoms with Gasteiger partial charge in [-0.05, 0) is 36.6 Å². The molecule has 2 aliphatic rings. The van der Waals surface area contributed by atoms with Crippen molar-refractivity contribution < 1.29 is 13.9 Å². The van der Waals surface area contributed by atoms with Crippen LogP contribution in [0.2, 0.25) is 5.02 Å². The standard InChI is InChI=1S/C22H20ClFN2O2/c1-12(27)26-11-22(8-9-22)18-15-4-3-5-16(24)19(15)25-20(18)21(26)14-7-6-13(23)10-17(14)28-2/h3-7,10,21,25H,8-9,11H2,1-2H3. The van der Waals surface area contributed by atoms with E-state index in [4.69, 9.17) is 16.3 Å². The Balaban J connectivity index is 1.82. The average Bonchev–Trinajstić information content (AvgIpc) is 3.31. The third kappa shape index (κ3) is 2.39. The number of H-pyrrole nitrogens is 1. The summed E-state index contributed by atoms with van der Waals surface area (Å²) in [5.74, 6) is 0.317. The van der Waals surface area contributed by atoms with E-state index >= 15 is 0 Å². The van der Waals surface area contributed by atoms with E-state index in [1.807, 2.05) is 17.0 Å². The van der Waals surface area contributed by atoms with Crippen LogP contribution in [-0.2, 0) is 10.2 Å². The van der Waals surface area contributed by atoms with Crippen molar-refractivity contribution in [1.82, 2.24) is 9.88 Å². The zero-order chi connectivity index (χ0) is 19.6. The molecule has 1 fully saturated rings. The lowest BCUT2D eigenvalue weighted by Gasteiger charge is -2.40. The van der Waals surface area contributed by atoms with Gasteiger partial charge in [-0.15, -0.1) is 0 Å². The van der Waals surface area contributed by atoms with Gasteiger partial charge >= 0.3 is 0 Å². The van der Waals surface area contributed by atoms with E-state index in [1.54, 1.807) is 32.2 Å². The maximum absolute atomic E-state index is 14.6. The van der Waals surface area contributed by atoms with E-state index in [2.05, 4.69) is 4.98 Å². The molecule has 1 atom stereocenters. The van der Waals surface area contributed by atoms with Crippen molar-refractivity contribution in [3.05, 3.63) is 64.1 Å². The second-order valence-electron chi connectivity index (χ2n) is 7.79. The highest BCUT2D eigenvalue weighted by Crippen LogP contribution is 2.58. The molecule has 1 aromatic heterocycles. The Morgan fingerprint density at radius 2 is 2.11 bits per heavy atom. The van der Waals surface area contributed by atoms with Gasteiger partial charge in [-0.3, -0.25) is 4.79 Å². The van der Waals surface area contributed by atoms with Crippen molar-refractivity contribution in [1.29, 1.82) is 0 Å². The monoisotopic (exact) mass is 398 g/mol. The minimum atomic E-state index is -0.377. The van der Waals surface area contributed by atoms with Crippen molar-refractivity contribution in [3.8, 4) is 5.75 Å². The molecule has 28 heavy (non-hydrogen) atoms. The summed E-state index contributed by atoms with van der Waals surface area (Å²) in [6, 6.07) is 10.2. The summed E-state index contributed by atoms with van der Waals surface area (Å²) in [5, 5.41) is 1.47. The molecular weight excluding hydrogens is 379 g/mol. The number of para-hydroxylation sites is 1. The molecule has 2 heterocycles. The van der Waals surface area contributed by atoms with Gasteiger partial charge in [-0.25, -0.2) is 4.39 Å². The van der Waals surface area contributed by atoms with E-state index < -0.39 is 0 Å². The molecule has 5 rings (SSSR count). The van der Waals surface area contributed by atoms with Crippen molar-refractivity contribution in [2.45, 2.75) is 31.2 Å². The number of benzene rings is 2. The Kier molecular flexibility index (Phi) is 3.75. The molecule has 4 nitrogen and oxygen atoms in total. The van der Waals surface area contributed by atoms with E-state index in [-0.39, 0.29) is 23.2 Å². The highest BCUT2D eigenvalue weighted by atomic mass is 35.5. The summed E-state index contributed by atoms with van der Waals surface area (Å²) in [5.41, 5.74) is 3.26. The number of amides is 1. The molecule has 0 bridgehead atoms. The second-order valence-corrected chi connectivity index (χ2v) is 8.23. The molecule has 6 heteroatoms. The first kappa shape index (κ1) is 17.6. The summed E-state index contributed by atoms with van der Waals surface area (Å²) in [6.45, 7) is 2.20. The predicted molar refractivity (Wildman–Crippen MR) is 106 cm³/mol. The van der Waals surface area contributed by atoms with Crippen LogP contribution in [0.5, 0.6) is 5.75 Å². The molecular formula is C22H20ClFN2O2. The van der Waals surface area contributed by atoms with Crippen LogP contribution in [0.25, 0.3) is 10.9 Å². The maximum Gasteiger partial charge on any atom is 0.220 e. The number of hydrogen-bond acceptors (Lipinski definition) is 2. The normalized spacial score (nSPS) is 19.7. The maximum atomic E-state index is 14.6. The zero-order valence-corrected chi connectivity index (χ0v) is 16.4. The Bertz CT molecular complexity index is 1120. The van der Waals surface area contributed by atoms with Crippen LogP contribution in [0.15, 0.2) is 36.4 Å². The van der Waals surface area contributed by atoms with E-state index in [0.717, 1.165) is 35.0 Å². The first-order valence-electron chi connectivity index (χ1n) is 9.36. The largest absolute Gasteiger partial charge is 0.496 e. The van der Waals surface area contributed by atoms with Gasteiger partial charge < -0.3 is 14.6 Å². The lowest BCUT2D eigenvalue weighted by atomic mass is 9.83. The van der Waals surface area contributed by atoms with E-state index in [9.17, 15) is 9.18 Å². The number of methoxy groups -OCH3 is 1. The van der Waals surface area contributed by atoms with Gasteiger partial charge in [0.05, 0.1) is 12.6 Å². The number of carbonyl (C=O) groups excluding carboxylic acids is 1. The quantitative estimate of drug-likeness (QED) is 0.663. The zero-order valence-electron chi connectivity index (χ0n) is 15.7. The lowest BCUT2D eigenvalue weighted by Crippen LogP contribution is -2.44. The van der Waals surface area contributed by atoms with Crippen molar-refractivity contribution in [3.63, 3.8) is 0 Å². The first-order chi connectivity index (χ1) is 13.4. The number of halogens is 2. The molecule has 1 amide bonds. The highest BCUT2D eigenvalue weighted by Gasteiger charge is 2.54. The Hall–Kier alpha value is -2.53. The number of fused-ring (bicyclic) bond motifs is 4. The summed E-state index contributed by atoms with van der Waals surface area (Å²) < 4.78 is 20.2. The summed E-state index contributed by atoms with van der Waals surface area (Å²) in [7, 11) is 1.59. The summed E-state index contributed by atoms with van der Waals surface area (Å²) in [6.07, 6.45) is 2.00. The summed E-state index contributed by atoms with van der Waals surface area (Å²) in [4.78, 5) is 17.8. The number of carbonyl (C=O) groups is 1. The first-order valence-corrected chi connectivity index (χ1v) is 9.74. The fourth-order valence-electron chi connectivity index (χ4n) is 4.72. The molecule has 1 N–H and O–H groups in total. The number of nitrogens with one attached hydrogen (secondary N) is 1. The van der Waals surface area contributed by atoms with Crippen LogP contribution < -0.4 is 4.74 Å². The second kappa shape index (κ2) is 5.98. The molecule has 1 saturated carbocycles. The van der Waals surface area contributed by atoms with E-state index in [0.29, 0.717) is 22.8 Å². The van der Waals surface area contributed by atoms with Crippen LogP contribution in [0, 0.1) is 5.82 Å². The summed E-state index contributed by atoms with van der Waals surface area (Å²) >= 11 is 6.16. The highest BCUT2D eigenvalue weighted by molar-refractivity contribution is 6.30. The van der Waals surface area contributed by atoms with Gasteiger partial charge in [-0.1, -0.05) is 29.8 Å². The molecule has 3 aromatic rings. The Morgan fingerprint density at radius 3 is 2.79 bits per heavy atom. The molecule has 2 aromatic carbocycles. The van der Waals surface area contributed by atoms with Crippen LogP contribution in [0.4, 0.5) is 4.39 Å². The van der Waals surface area contributed by atoms with Crippen LogP contribution in [-0.4, -0.2) is 29.4 Å². The number of aromatic amines is 1. The third-order valence-corrected chi connectivity index (χ3v) is 6.38. The number of aromatic nitrogens is 1. The Labute approximate surface area is 167 Å². The molecule has 1 aliphatic carbocycles. The van der Waals surface area contributed by atoms with Gasteiger partial charge in [0, 0.05) is 40.5 Å². The van der Waals surface area contributed by atoms with Crippen molar-refractivity contribution >= 4 is 28.4 Å². The van der Waals surface area contributed by atoms with Crippen LogP contribution >= 0.6 is 11.6 Å². The van der Waals surface area contributed by atoms with E-state index in [1.165, 1.54) is 6.07 Å². The third-order valence-electron chi connectivity index (χ3n) is 6.15. The van der Waals surface area contributed by atoms with Gasteiger partial charge in [0.2, 0.25) is 5.91 Å². The molecule has 0 saturated heterocycles. The Morgan fingerprint density at radius 1 is 1.32 bits per heavy atom. The number of rotatable bonds is 2. The van der Waals surface area contributed by atoms with Crippen LogP contribution in [0.3, 0.4) is 0 Å². The molecule has 1 spiro atoms. The fourth-order valence-corrected chi connectivity index (χ4v) is 4.88. The van der Waals surface area contributed by atoms with Gasteiger partial charge in [-0.2, -0.15) is 0 Å². The molecule has 1 unspecified atom stereocenters. The SMILES string of the molecule is COc1cc(Cl)ccc1C1c2[nH]c3c(F)cccc3c2C2(CC2)CN1C(C)=O. The van der Waals surface area contributed by atoms with Crippen molar-refractivity contribution in [2.75, 3.05) is 13.7 Å². The minimum absolute atomic E-state index is 0.0157. The van der Waals surface area contributed by atoms with Crippen molar-refractivity contribution in [2.24, 2.45) is 0 Å².